The van der Waals surface area contributed by atoms with Gasteiger partial charge in [0.15, 0.2) is 0 Å². The molecule has 11 heteroatoms. The minimum Gasteiger partial charge on any atom is -0.495 e. The van der Waals surface area contributed by atoms with Crippen LogP contribution < -0.4 is 18.5 Å². The van der Waals surface area contributed by atoms with Crippen LogP contribution in [0.25, 0.3) is 0 Å². The number of amides is 1. The van der Waals surface area contributed by atoms with Crippen molar-refractivity contribution >= 4 is 37.3 Å². The number of hydrogen-bond donors (Lipinski definition) is 1. The van der Waals surface area contributed by atoms with Gasteiger partial charge in [0.2, 0.25) is 15.9 Å². The molecular weight excluding hydrogens is 420 g/mol. The standard InChI is InChI=1S/C18H20N2O7S2/c1-12-11-28(22,23)20(18(12)21)13-8-9-16(27-3)17(10-13)29(24,25)19-14-6-4-5-7-15(14)26-2/h4-10,12,19H,11H2,1-3H3/t12-/m1/s1. The van der Waals surface area contributed by atoms with E-state index in [-0.39, 0.29) is 27.8 Å². The van der Waals surface area contributed by atoms with Gasteiger partial charge in [-0.1, -0.05) is 19.1 Å². The number of benzene rings is 2. The summed E-state index contributed by atoms with van der Waals surface area (Å²) in [6, 6.07) is 10.1. The number of para-hydroxylation sites is 2. The van der Waals surface area contributed by atoms with E-state index in [9.17, 15) is 21.6 Å². The van der Waals surface area contributed by atoms with Crippen LogP contribution in [-0.2, 0) is 24.8 Å². The van der Waals surface area contributed by atoms with Crippen LogP contribution in [0.3, 0.4) is 0 Å². The number of nitrogens with zero attached hydrogens (tertiary/aromatic N) is 1. The highest BCUT2D eigenvalue weighted by Crippen LogP contribution is 2.35. The molecule has 1 aliphatic rings. The highest BCUT2D eigenvalue weighted by molar-refractivity contribution is 7.94. The largest absolute Gasteiger partial charge is 0.495 e. The lowest BCUT2D eigenvalue weighted by Crippen LogP contribution is -2.30. The molecule has 1 amide bonds. The van der Waals surface area contributed by atoms with Crippen LogP contribution in [0.2, 0.25) is 0 Å². The second-order valence-electron chi connectivity index (χ2n) is 6.42. The van der Waals surface area contributed by atoms with E-state index in [1.54, 1.807) is 18.2 Å². The molecule has 2 aromatic rings. The fourth-order valence-electron chi connectivity index (χ4n) is 3.02. The summed E-state index contributed by atoms with van der Waals surface area (Å²) in [7, 11) is -5.39. The number of ether oxygens (including phenoxy) is 2. The lowest BCUT2D eigenvalue weighted by molar-refractivity contribution is -0.119. The fraction of sp³-hybridized carbons (Fsp3) is 0.278. The van der Waals surface area contributed by atoms with Gasteiger partial charge >= 0.3 is 0 Å². The molecule has 29 heavy (non-hydrogen) atoms. The van der Waals surface area contributed by atoms with Gasteiger partial charge in [-0.05, 0) is 30.3 Å². The van der Waals surface area contributed by atoms with Gasteiger partial charge in [-0.15, -0.1) is 0 Å². The molecule has 1 fully saturated rings. The normalized spacial score (nSPS) is 18.5. The number of nitrogens with one attached hydrogen (secondary N) is 1. The molecular formula is C18H20N2O7S2. The van der Waals surface area contributed by atoms with E-state index in [2.05, 4.69) is 4.72 Å². The zero-order valence-electron chi connectivity index (χ0n) is 15.9. The third-order valence-corrected chi connectivity index (χ3v) is 7.64. The Morgan fingerprint density at radius 1 is 1.07 bits per heavy atom. The number of carbonyl (C=O) groups excluding carboxylic acids is 1. The number of anilines is 2. The van der Waals surface area contributed by atoms with Gasteiger partial charge in [-0.3, -0.25) is 9.52 Å². The first-order valence-electron chi connectivity index (χ1n) is 8.51. The Kier molecular flexibility index (Phi) is 5.46. The number of hydrogen-bond acceptors (Lipinski definition) is 7. The first-order chi connectivity index (χ1) is 13.6. The Balaban J connectivity index is 2.09. The van der Waals surface area contributed by atoms with E-state index in [1.807, 2.05) is 0 Å². The van der Waals surface area contributed by atoms with E-state index < -0.39 is 31.9 Å². The van der Waals surface area contributed by atoms with E-state index in [1.165, 1.54) is 39.3 Å². The van der Waals surface area contributed by atoms with E-state index in [4.69, 9.17) is 9.47 Å². The van der Waals surface area contributed by atoms with Crippen molar-refractivity contribution in [1.82, 2.24) is 0 Å². The van der Waals surface area contributed by atoms with Gasteiger partial charge in [0, 0.05) is 0 Å². The van der Waals surface area contributed by atoms with Gasteiger partial charge in [0.25, 0.3) is 10.0 Å². The first kappa shape index (κ1) is 20.9. The molecule has 0 spiro atoms. The Morgan fingerprint density at radius 2 is 1.72 bits per heavy atom. The highest BCUT2D eigenvalue weighted by atomic mass is 32.2. The first-order valence-corrected chi connectivity index (χ1v) is 11.6. The van der Waals surface area contributed by atoms with Crippen molar-refractivity contribution in [3.8, 4) is 11.5 Å². The SMILES string of the molecule is COc1ccccc1NS(=O)(=O)c1cc(N2C(=O)[C@H](C)CS2(=O)=O)ccc1OC. The lowest BCUT2D eigenvalue weighted by Gasteiger charge is -2.18. The third kappa shape index (κ3) is 3.87. The van der Waals surface area contributed by atoms with Crippen LogP contribution in [0.4, 0.5) is 11.4 Å². The third-order valence-electron chi connectivity index (χ3n) is 4.38. The Morgan fingerprint density at radius 3 is 2.31 bits per heavy atom. The molecule has 0 unspecified atom stereocenters. The lowest BCUT2D eigenvalue weighted by atomic mass is 10.2. The molecule has 9 nitrogen and oxygen atoms in total. The molecule has 1 saturated heterocycles. The maximum Gasteiger partial charge on any atom is 0.265 e. The maximum absolute atomic E-state index is 13.0. The van der Waals surface area contributed by atoms with Crippen LogP contribution in [0.5, 0.6) is 11.5 Å². The molecule has 1 atom stereocenters. The summed E-state index contributed by atoms with van der Waals surface area (Å²) >= 11 is 0. The predicted molar refractivity (Wildman–Crippen MR) is 107 cm³/mol. The van der Waals surface area contributed by atoms with Crippen molar-refractivity contribution in [1.29, 1.82) is 0 Å². The van der Waals surface area contributed by atoms with Crippen molar-refractivity contribution in [2.45, 2.75) is 11.8 Å². The molecule has 0 radical (unpaired) electrons. The number of methoxy groups -OCH3 is 2. The topological polar surface area (TPSA) is 119 Å². The molecule has 0 aliphatic carbocycles. The molecule has 156 valence electrons. The van der Waals surface area contributed by atoms with Crippen LogP contribution in [0.15, 0.2) is 47.4 Å². The number of carbonyl (C=O) groups is 1. The molecule has 2 aromatic carbocycles. The molecule has 3 rings (SSSR count). The second-order valence-corrected chi connectivity index (χ2v) is 9.94. The minimum atomic E-state index is -4.20. The van der Waals surface area contributed by atoms with Gasteiger partial charge in [-0.25, -0.2) is 21.1 Å². The fourth-order valence-corrected chi connectivity index (χ4v) is 6.09. The second kappa shape index (κ2) is 7.56. The van der Waals surface area contributed by atoms with Crippen molar-refractivity contribution in [3.63, 3.8) is 0 Å². The summed E-state index contributed by atoms with van der Waals surface area (Å²) in [6.07, 6.45) is 0. The Bertz CT molecular complexity index is 1160. The van der Waals surface area contributed by atoms with Crippen molar-refractivity contribution in [2.75, 3.05) is 29.0 Å². The number of sulfonamides is 2. The van der Waals surface area contributed by atoms with E-state index >= 15 is 0 Å². The summed E-state index contributed by atoms with van der Waals surface area (Å²) in [5, 5.41) is 0. The van der Waals surface area contributed by atoms with Crippen molar-refractivity contribution < 1.29 is 31.1 Å². The minimum absolute atomic E-state index is 0.00626. The molecule has 0 aromatic heterocycles. The van der Waals surface area contributed by atoms with Crippen LogP contribution in [0.1, 0.15) is 6.92 Å². The summed E-state index contributed by atoms with van der Waals surface area (Å²) < 4.78 is 64.1. The molecule has 1 N–H and O–H groups in total. The molecule has 1 aliphatic heterocycles. The highest BCUT2D eigenvalue weighted by Gasteiger charge is 2.42. The zero-order valence-corrected chi connectivity index (χ0v) is 17.6. The van der Waals surface area contributed by atoms with Crippen molar-refractivity contribution in [2.24, 2.45) is 5.92 Å². The Hall–Kier alpha value is -2.79. The average Bonchev–Trinajstić information content (AvgIpc) is 2.88. The molecule has 0 saturated carbocycles. The number of rotatable bonds is 6. The summed E-state index contributed by atoms with van der Waals surface area (Å²) in [4.78, 5) is 12.0. The van der Waals surface area contributed by atoms with Gasteiger partial charge in [-0.2, -0.15) is 0 Å². The van der Waals surface area contributed by atoms with Crippen molar-refractivity contribution in [3.05, 3.63) is 42.5 Å². The summed E-state index contributed by atoms with van der Waals surface area (Å²) in [5.74, 6) is -1.37. The van der Waals surface area contributed by atoms with Gasteiger partial charge < -0.3 is 9.47 Å². The monoisotopic (exact) mass is 440 g/mol. The molecule has 0 bridgehead atoms. The predicted octanol–water partition coefficient (Wildman–Crippen LogP) is 1.82. The quantitative estimate of drug-likeness (QED) is 0.728. The van der Waals surface area contributed by atoms with E-state index in [0.717, 1.165) is 6.07 Å². The van der Waals surface area contributed by atoms with Crippen LogP contribution in [-0.4, -0.2) is 42.7 Å². The average molecular weight is 440 g/mol. The Labute approximate surface area is 169 Å². The maximum atomic E-state index is 13.0. The van der Waals surface area contributed by atoms with Crippen LogP contribution in [0, 0.1) is 5.92 Å². The molecule has 1 heterocycles. The summed E-state index contributed by atoms with van der Waals surface area (Å²) in [5.41, 5.74) is 0.126. The van der Waals surface area contributed by atoms with E-state index in [0.29, 0.717) is 10.1 Å². The van der Waals surface area contributed by atoms with Gasteiger partial charge in [0.1, 0.15) is 16.4 Å². The zero-order chi connectivity index (χ0) is 21.4. The summed E-state index contributed by atoms with van der Waals surface area (Å²) in [6.45, 7) is 1.50. The smallest absolute Gasteiger partial charge is 0.265 e. The van der Waals surface area contributed by atoms with Crippen LogP contribution >= 0.6 is 0 Å². The van der Waals surface area contributed by atoms with Gasteiger partial charge in [0.05, 0.1) is 37.3 Å².